The van der Waals surface area contributed by atoms with Crippen LogP contribution in [0.3, 0.4) is 0 Å². The van der Waals surface area contributed by atoms with Crippen molar-refractivity contribution in [3.8, 4) is 11.5 Å². The van der Waals surface area contributed by atoms with Crippen LogP contribution in [0.15, 0.2) is 69.3 Å². The Labute approximate surface area is 181 Å². The molecule has 0 radical (unpaired) electrons. The van der Waals surface area contributed by atoms with Crippen molar-refractivity contribution in [3.05, 3.63) is 75.5 Å². The predicted molar refractivity (Wildman–Crippen MR) is 116 cm³/mol. The number of aliphatic imine (C=N–C) groups is 1. The second-order valence-electron chi connectivity index (χ2n) is 6.65. The van der Waals surface area contributed by atoms with Gasteiger partial charge in [0.1, 0.15) is 12.4 Å². The van der Waals surface area contributed by atoms with Crippen molar-refractivity contribution < 1.29 is 19.1 Å². The van der Waals surface area contributed by atoms with Gasteiger partial charge in [-0.25, -0.2) is 0 Å². The summed E-state index contributed by atoms with van der Waals surface area (Å²) in [6.45, 7) is 2.13. The van der Waals surface area contributed by atoms with Crippen LogP contribution in [0, 0.1) is 5.41 Å². The third-order valence-corrected chi connectivity index (χ3v) is 5.02. The van der Waals surface area contributed by atoms with E-state index in [0.29, 0.717) is 35.3 Å². The summed E-state index contributed by atoms with van der Waals surface area (Å²) in [7, 11) is 1.55. The Kier molecular flexibility index (Phi) is 5.41. The molecule has 0 spiro atoms. The van der Waals surface area contributed by atoms with E-state index in [1.165, 1.54) is 5.06 Å². The van der Waals surface area contributed by atoms with Crippen LogP contribution in [-0.2, 0) is 16.2 Å². The number of amidine groups is 2. The van der Waals surface area contributed by atoms with Gasteiger partial charge in [-0.3, -0.25) is 10.2 Å². The van der Waals surface area contributed by atoms with Crippen LogP contribution in [0.1, 0.15) is 18.1 Å². The molecule has 0 fully saturated rings. The Bertz CT molecular complexity index is 1120. The van der Waals surface area contributed by atoms with Gasteiger partial charge in [-0.05, 0) is 48.4 Å². The van der Waals surface area contributed by atoms with Crippen molar-refractivity contribution in [1.29, 1.82) is 5.41 Å². The van der Waals surface area contributed by atoms with Gasteiger partial charge in [0.15, 0.2) is 23.2 Å². The van der Waals surface area contributed by atoms with Crippen LogP contribution >= 0.6 is 15.9 Å². The first-order valence-electron chi connectivity index (χ1n) is 9.10. The first-order valence-corrected chi connectivity index (χ1v) is 9.89. The minimum atomic E-state index is -0.490. The van der Waals surface area contributed by atoms with Gasteiger partial charge >= 0.3 is 0 Å². The largest absolute Gasteiger partial charge is 0.493 e. The number of ether oxygens (including phenoxy) is 2. The summed E-state index contributed by atoms with van der Waals surface area (Å²) >= 11 is 3.41. The Balaban J connectivity index is 1.55. The van der Waals surface area contributed by atoms with Crippen LogP contribution in [-0.4, -0.2) is 29.8 Å². The van der Waals surface area contributed by atoms with E-state index in [1.807, 2.05) is 24.3 Å². The molecule has 2 aromatic rings. The average Bonchev–Trinajstić information content (AvgIpc) is 3.11. The normalized spacial score (nSPS) is 16.8. The summed E-state index contributed by atoms with van der Waals surface area (Å²) < 4.78 is 12.3. The minimum absolute atomic E-state index is 0.0624. The lowest BCUT2D eigenvalue weighted by atomic mass is 10.1. The van der Waals surface area contributed by atoms with E-state index in [1.54, 1.807) is 44.4 Å². The average molecular weight is 468 g/mol. The molecule has 2 aliphatic heterocycles. The van der Waals surface area contributed by atoms with Gasteiger partial charge in [0.25, 0.3) is 5.91 Å². The Morgan fingerprint density at radius 1 is 1.20 bits per heavy atom. The fourth-order valence-electron chi connectivity index (χ4n) is 3.00. The molecule has 2 aromatic carbocycles. The molecule has 152 valence electrons. The molecule has 0 saturated heterocycles. The monoisotopic (exact) mass is 467 g/mol. The van der Waals surface area contributed by atoms with Crippen molar-refractivity contribution in [3.63, 3.8) is 0 Å². The predicted octanol–water partition coefficient (Wildman–Crippen LogP) is 4.49. The number of hydroxylamine groups is 2. The smallest absolute Gasteiger partial charge is 0.282 e. The summed E-state index contributed by atoms with van der Waals surface area (Å²) in [6, 6.07) is 13.2. The van der Waals surface area contributed by atoms with Crippen LogP contribution in [0.25, 0.3) is 6.08 Å². The molecule has 4 rings (SSSR count). The maximum absolute atomic E-state index is 12.4. The summed E-state index contributed by atoms with van der Waals surface area (Å²) in [5.41, 5.74) is 1.83. The molecular formula is C22H18BrN3O4. The summed E-state index contributed by atoms with van der Waals surface area (Å²) in [5.74, 6) is 1.43. The minimum Gasteiger partial charge on any atom is -0.493 e. The zero-order chi connectivity index (χ0) is 21.3. The molecule has 0 aliphatic carbocycles. The Hall–Kier alpha value is -3.39. The number of hydrogen-bond acceptors (Lipinski definition) is 5. The van der Waals surface area contributed by atoms with Gasteiger partial charge in [0, 0.05) is 10.5 Å². The van der Waals surface area contributed by atoms with E-state index in [4.69, 9.17) is 19.7 Å². The molecule has 0 atom stereocenters. The summed E-state index contributed by atoms with van der Waals surface area (Å²) in [4.78, 5) is 21.8. The number of halogens is 1. The van der Waals surface area contributed by atoms with Crippen LogP contribution in [0.2, 0.25) is 0 Å². The molecule has 7 nitrogen and oxygen atoms in total. The lowest BCUT2D eigenvalue weighted by molar-refractivity contribution is -0.114. The molecule has 0 aromatic heterocycles. The van der Waals surface area contributed by atoms with Gasteiger partial charge in [-0.15, -0.1) is 5.06 Å². The number of rotatable bonds is 5. The molecule has 1 N–H and O–H groups in total. The third kappa shape index (κ3) is 3.99. The second-order valence-corrected chi connectivity index (χ2v) is 7.56. The van der Waals surface area contributed by atoms with E-state index in [2.05, 4.69) is 20.9 Å². The van der Waals surface area contributed by atoms with Gasteiger partial charge in [-0.2, -0.15) is 4.99 Å². The topological polar surface area (TPSA) is 84.2 Å². The maximum atomic E-state index is 12.4. The summed E-state index contributed by atoms with van der Waals surface area (Å²) in [6.07, 6.45) is 3.20. The number of carbonyl (C=O) groups excluding carboxylic acids is 1. The second kappa shape index (κ2) is 8.16. The van der Waals surface area contributed by atoms with Crippen LogP contribution in [0.4, 0.5) is 0 Å². The van der Waals surface area contributed by atoms with Gasteiger partial charge in [-0.1, -0.05) is 34.1 Å². The Morgan fingerprint density at radius 3 is 2.70 bits per heavy atom. The SMILES string of the molecule is COc1cc(/C=C2/C(=N)N3OC(C)=CC3=NC2=O)ccc1OCc1ccc(Br)cc1. The summed E-state index contributed by atoms with van der Waals surface area (Å²) in [5, 5.41) is 9.53. The standard InChI is InChI=1S/C22H18BrN3O4/c1-13-9-20-25-22(27)17(21(24)26(20)30-13)10-15-5-8-18(19(11-15)28-2)29-12-14-3-6-16(23)7-4-14/h3-11,24H,12H2,1-2H3/b17-10-,24-21?. The number of fused-ring (bicyclic) bond motifs is 1. The first kappa shape index (κ1) is 19.9. The van der Waals surface area contributed by atoms with Crippen molar-refractivity contribution in [1.82, 2.24) is 5.06 Å². The fourth-order valence-corrected chi connectivity index (χ4v) is 3.27. The maximum Gasteiger partial charge on any atom is 0.282 e. The van der Waals surface area contributed by atoms with Crippen molar-refractivity contribution in [2.45, 2.75) is 13.5 Å². The molecule has 8 heteroatoms. The highest BCUT2D eigenvalue weighted by Crippen LogP contribution is 2.31. The highest BCUT2D eigenvalue weighted by molar-refractivity contribution is 9.10. The highest BCUT2D eigenvalue weighted by atomic mass is 79.9. The molecule has 0 bridgehead atoms. The molecule has 30 heavy (non-hydrogen) atoms. The van der Waals surface area contributed by atoms with E-state index < -0.39 is 5.91 Å². The first-order chi connectivity index (χ1) is 14.4. The van der Waals surface area contributed by atoms with Crippen molar-refractivity contribution in [2.24, 2.45) is 4.99 Å². The van der Waals surface area contributed by atoms with E-state index in [-0.39, 0.29) is 11.4 Å². The number of nitrogens with zero attached hydrogens (tertiary/aromatic N) is 2. The van der Waals surface area contributed by atoms with E-state index in [9.17, 15) is 4.79 Å². The molecule has 1 amide bonds. The number of methoxy groups -OCH3 is 1. The molecule has 0 unspecified atom stereocenters. The molecular weight excluding hydrogens is 450 g/mol. The van der Waals surface area contributed by atoms with Crippen LogP contribution < -0.4 is 9.47 Å². The van der Waals surface area contributed by atoms with Crippen LogP contribution in [0.5, 0.6) is 11.5 Å². The number of benzene rings is 2. The number of carbonyl (C=O) groups is 1. The molecule has 2 aliphatic rings. The zero-order valence-corrected chi connectivity index (χ0v) is 17.9. The van der Waals surface area contributed by atoms with Crippen molar-refractivity contribution in [2.75, 3.05) is 7.11 Å². The number of nitrogens with one attached hydrogen (secondary N) is 1. The van der Waals surface area contributed by atoms with Gasteiger partial charge in [0.05, 0.1) is 12.7 Å². The van der Waals surface area contributed by atoms with E-state index >= 15 is 0 Å². The number of allylic oxidation sites excluding steroid dienone is 1. The lowest BCUT2D eigenvalue weighted by Crippen LogP contribution is -2.38. The highest BCUT2D eigenvalue weighted by Gasteiger charge is 2.34. The van der Waals surface area contributed by atoms with Crippen molar-refractivity contribution >= 4 is 39.6 Å². The molecule has 0 saturated carbocycles. The van der Waals surface area contributed by atoms with E-state index in [0.717, 1.165) is 10.0 Å². The Morgan fingerprint density at radius 2 is 1.97 bits per heavy atom. The number of amides is 1. The quantitative estimate of drug-likeness (QED) is 0.654. The zero-order valence-electron chi connectivity index (χ0n) is 16.3. The van der Waals surface area contributed by atoms with Gasteiger partial charge in [0.2, 0.25) is 0 Å². The lowest BCUT2D eigenvalue weighted by Gasteiger charge is -2.23. The fraction of sp³-hybridized carbons (Fsp3) is 0.136. The third-order valence-electron chi connectivity index (χ3n) is 4.49. The van der Waals surface area contributed by atoms with Gasteiger partial charge < -0.3 is 14.3 Å². The molecule has 2 heterocycles. The number of hydrogen-bond donors (Lipinski definition) is 1.